The van der Waals surface area contributed by atoms with Crippen molar-refractivity contribution >= 4 is 17.2 Å². The Morgan fingerprint density at radius 3 is 2.80 bits per heavy atom. The van der Waals surface area contributed by atoms with Gasteiger partial charge < -0.3 is 9.64 Å². The highest BCUT2D eigenvalue weighted by Crippen LogP contribution is 2.13. The van der Waals surface area contributed by atoms with Crippen LogP contribution in [0.5, 0.6) is 0 Å². The monoisotopic (exact) mass is 295 g/mol. The van der Waals surface area contributed by atoms with Gasteiger partial charge in [0.1, 0.15) is 6.10 Å². The van der Waals surface area contributed by atoms with E-state index in [2.05, 4.69) is 20.4 Å². The second-order valence-corrected chi connectivity index (χ2v) is 6.31. The number of thiophene rings is 1. The zero-order valence-corrected chi connectivity index (χ0v) is 13.5. The van der Waals surface area contributed by atoms with Gasteiger partial charge in [-0.15, -0.1) is 17.9 Å². The molecule has 0 aliphatic heterocycles. The quantitative estimate of drug-likeness (QED) is 0.650. The normalized spacial score (nSPS) is 12.4. The summed E-state index contributed by atoms with van der Waals surface area (Å²) in [5.74, 6) is 0.620. The van der Waals surface area contributed by atoms with Crippen molar-refractivity contribution in [2.45, 2.75) is 39.8 Å². The minimum Gasteiger partial charge on any atom is -0.369 e. The average molecular weight is 295 g/mol. The maximum absolute atomic E-state index is 12.4. The van der Waals surface area contributed by atoms with E-state index in [-0.39, 0.29) is 5.91 Å². The number of carbonyl (C=O) groups is 1. The number of nitrogens with zero attached hydrogens (tertiary/aromatic N) is 1. The van der Waals surface area contributed by atoms with E-state index in [0.717, 1.165) is 6.42 Å². The second-order valence-electron chi connectivity index (χ2n) is 5.28. The van der Waals surface area contributed by atoms with Gasteiger partial charge in [-0.25, -0.2) is 0 Å². The van der Waals surface area contributed by atoms with Crippen LogP contribution in [-0.2, 0) is 16.1 Å². The Balaban J connectivity index is 2.51. The molecule has 1 aromatic heterocycles. The molecule has 112 valence electrons. The number of amides is 1. The predicted molar refractivity (Wildman–Crippen MR) is 84.8 cm³/mol. The molecule has 1 aromatic rings. The zero-order valence-electron chi connectivity index (χ0n) is 12.7. The molecule has 0 saturated heterocycles. The Bertz CT molecular complexity index is 401. The number of carbonyl (C=O) groups excluding carboxylic acids is 1. The van der Waals surface area contributed by atoms with E-state index in [4.69, 9.17) is 4.74 Å². The molecule has 1 unspecified atom stereocenters. The van der Waals surface area contributed by atoms with E-state index in [9.17, 15) is 4.79 Å². The van der Waals surface area contributed by atoms with Gasteiger partial charge in [0.25, 0.3) is 5.91 Å². The van der Waals surface area contributed by atoms with Crippen molar-refractivity contribution < 1.29 is 9.53 Å². The highest BCUT2D eigenvalue weighted by Gasteiger charge is 2.20. The van der Waals surface area contributed by atoms with Gasteiger partial charge in [-0.3, -0.25) is 4.79 Å². The molecule has 0 aromatic carbocycles. The second kappa shape index (κ2) is 8.93. The molecule has 0 N–H and O–H groups in total. The lowest BCUT2D eigenvalue weighted by atomic mass is 10.1. The van der Waals surface area contributed by atoms with Crippen LogP contribution < -0.4 is 0 Å². The largest absolute Gasteiger partial charge is 0.369 e. The van der Waals surface area contributed by atoms with Crippen molar-refractivity contribution in [3.8, 4) is 0 Å². The van der Waals surface area contributed by atoms with Crippen molar-refractivity contribution in [2.75, 3.05) is 13.2 Å². The van der Waals surface area contributed by atoms with Gasteiger partial charge in [0.15, 0.2) is 0 Å². The molecule has 4 heteroatoms. The van der Waals surface area contributed by atoms with Gasteiger partial charge in [-0.2, -0.15) is 0 Å². The smallest absolute Gasteiger partial charge is 0.252 e. The fourth-order valence-electron chi connectivity index (χ4n) is 1.79. The Morgan fingerprint density at radius 1 is 1.50 bits per heavy atom. The zero-order chi connectivity index (χ0) is 15.0. The van der Waals surface area contributed by atoms with Gasteiger partial charge >= 0.3 is 0 Å². The first kappa shape index (κ1) is 16.9. The summed E-state index contributed by atoms with van der Waals surface area (Å²) in [5, 5.41) is 2.02. The molecule has 20 heavy (non-hydrogen) atoms. The van der Waals surface area contributed by atoms with Crippen LogP contribution in [0.4, 0.5) is 0 Å². The molecular weight excluding hydrogens is 270 g/mol. The van der Waals surface area contributed by atoms with Crippen LogP contribution in [0.15, 0.2) is 30.2 Å². The number of hydrogen-bond donors (Lipinski definition) is 0. The summed E-state index contributed by atoms with van der Waals surface area (Å²) in [4.78, 5) is 15.4. The van der Waals surface area contributed by atoms with Crippen LogP contribution in [-0.4, -0.2) is 30.1 Å². The minimum atomic E-state index is -0.395. The first-order valence-electron chi connectivity index (χ1n) is 7.08. The summed E-state index contributed by atoms with van der Waals surface area (Å²) >= 11 is 1.66. The van der Waals surface area contributed by atoms with Gasteiger partial charge in [0.05, 0.1) is 6.54 Å². The lowest BCUT2D eigenvalue weighted by molar-refractivity contribution is -0.142. The molecule has 0 fully saturated rings. The van der Waals surface area contributed by atoms with Crippen molar-refractivity contribution in [2.24, 2.45) is 5.92 Å². The molecular formula is C16H25NO2S. The maximum Gasteiger partial charge on any atom is 0.252 e. The third-order valence-corrected chi connectivity index (χ3v) is 3.86. The van der Waals surface area contributed by atoms with Gasteiger partial charge in [0, 0.05) is 18.0 Å². The van der Waals surface area contributed by atoms with Crippen molar-refractivity contribution in [1.29, 1.82) is 0 Å². The number of ether oxygens (including phenoxy) is 1. The molecule has 3 nitrogen and oxygen atoms in total. The number of hydrogen-bond acceptors (Lipinski definition) is 3. The molecule has 1 amide bonds. The summed E-state index contributed by atoms with van der Waals surface area (Å²) in [6.07, 6.45) is 2.34. The maximum atomic E-state index is 12.4. The number of rotatable bonds is 9. The van der Waals surface area contributed by atoms with Crippen LogP contribution in [0, 0.1) is 5.92 Å². The van der Waals surface area contributed by atoms with Crippen molar-refractivity contribution in [3.63, 3.8) is 0 Å². The Kier molecular flexibility index (Phi) is 7.55. The molecule has 1 heterocycles. The lowest BCUT2D eigenvalue weighted by Gasteiger charge is -2.24. The van der Waals surface area contributed by atoms with E-state index in [1.54, 1.807) is 22.3 Å². The average Bonchev–Trinajstić information content (AvgIpc) is 2.89. The highest BCUT2D eigenvalue weighted by molar-refractivity contribution is 7.09. The Hall–Kier alpha value is -1.13. The standard InChI is InChI=1S/C16H25NO2S/c1-5-9-17(12-15-7-6-11-20-15)16(18)14(4)19-10-8-13(2)3/h5-7,11,13-14H,1,8-10,12H2,2-4H3. The molecule has 0 radical (unpaired) electrons. The van der Waals surface area contributed by atoms with Crippen LogP contribution in [0.1, 0.15) is 32.1 Å². The fraction of sp³-hybridized carbons (Fsp3) is 0.562. The highest BCUT2D eigenvalue weighted by atomic mass is 32.1. The first-order valence-corrected chi connectivity index (χ1v) is 7.96. The molecule has 1 atom stereocenters. The molecule has 0 bridgehead atoms. The van der Waals surface area contributed by atoms with Crippen LogP contribution >= 0.6 is 11.3 Å². The third-order valence-electron chi connectivity index (χ3n) is 3.00. The summed E-state index contributed by atoms with van der Waals surface area (Å²) in [5.41, 5.74) is 0. The van der Waals surface area contributed by atoms with E-state index in [0.29, 0.717) is 25.6 Å². The van der Waals surface area contributed by atoms with E-state index in [1.807, 2.05) is 24.4 Å². The molecule has 0 spiro atoms. The molecule has 0 saturated carbocycles. The molecule has 0 aliphatic carbocycles. The molecule has 0 aliphatic rings. The minimum absolute atomic E-state index is 0.0297. The first-order chi connectivity index (χ1) is 9.54. The van der Waals surface area contributed by atoms with E-state index in [1.165, 1.54) is 4.88 Å². The van der Waals surface area contributed by atoms with Crippen LogP contribution in [0.25, 0.3) is 0 Å². The van der Waals surface area contributed by atoms with E-state index < -0.39 is 6.10 Å². The Morgan fingerprint density at radius 2 is 2.25 bits per heavy atom. The topological polar surface area (TPSA) is 29.5 Å². The van der Waals surface area contributed by atoms with Crippen molar-refractivity contribution in [3.05, 3.63) is 35.0 Å². The summed E-state index contributed by atoms with van der Waals surface area (Å²) in [6.45, 7) is 11.7. The summed E-state index contributed by atoms with van der Waals surface area (Å²) in [6, 6.07) is 4.04. The predicted octanol–water partition coefficient (Wildman–Crippen LogP) is 3.71. The SMILES string of the molecule is C=CCN(Cc1cccs1)C(=O)C(C)OCCC(C)C. The van der Waals surface area contributed by atoms with Gasteiger partial charge in [-0.05, 0) is 30.7 Å². The van der Waals surface area contributed by atoms with Crippen molar-refractivity contribution in [1.82, 2.24) is 4.90 Å². The van der Waals surface area contributed by atoms with Gasteiger partial charge in [-0.1, -0.05) is 26.0 Å². The Labute approximate surface area is 126 Å². The summed E-state index contributed by atoms with van der Waals surface area (Å²) < 4.78 is 5.64. The summed E-state index contributed by atoms with van der Waals surface area (Å²) in [7, 11) is 0. The van der Waals surface area contributed by atoms with E-state index >= 15 is 0 Å². The third kappa shape index (κ3) is 5.88. The molecule has 1 rings (SSSR count). The van der Waals surface area contributed by atoms with Crippen LogP contribution in [0.2, 0.25) is 0 Å². The van der Waals surface area contributed by atoms with Gasteiger partial charge in [0.2, 0.25) is 0 Å². The lowest BCUT2D eigenvalue weighted by Crippen LogP contribution is -2.38. The fourth-order valence-corrected chi connectivity index (χ4v) is 2.51. The van der Waals surface area contributed by atoms with Crippen LogP contribution in [0.3, 0.4) is 0 Å².